The Morgan fingerprint density at radius 2 is 1.60 bits per heavy atom. The summed E-state index contributed by atoms with van der Waals surface area (Å²) in [6, 6.07) is 16.8. The third kappa shape index (κ3) is 4.36. The maximum Gasteiger partial charge on any atom is 0.254 e. The zero-order valence-corrected chi connectivity index (χ0v) is 19.7. The van der Waals surface area contributed by atoms with Crippen LogP contribution in [0.3, 0.4) is 0 Å². The first-order valence-corrected chi connectivity index (χ1v) is 11.6. The summed E-state index contributed by atoms with van der Waals surface area (Å²) in [5, 5.41) is 4.52. The SMILES string of the molecule is CC(=O)Nc1ccc(-c2cc(C(N)=O)c3[nH]c4cc(C(=O)N5CCN(C)CC5)ccc4c3c2)cc1. The molecule has 3 aromatic carbocycles. The number of fused-ring (bicyclic) bond motifs is 3. The van der Waals surface area contributed by atoms with Crippen molar-refractivity contribution >= 4 is 45.2 Å². The Morgan fingerprint density at radius 3 is 2.26 bits per heavy atom. The number of primary amides is 1. The first-order valence-electron chi connectivity index (χ1n) is 11.6. The van der Waals surface area contributed by atoms with Crippen LogP contribution in [0.1, 0.15) is 27.6 Å². The van der Waals surface area contributed by atoms with Gasteiger partial charge in [0.25, 0.3) is 11.8 Å². The van der Waals surface area contributed by atoms with Crippen LogP contribution in [-0.4, -0.2) is 65.7 Å². The lowest BCUT2D eigenvalue weighted by atomic mass is 9.98. The van der Waals surface area contributed by atoms with E-state index < -0.39 is 5.91 Å². The summed E-state index contributed by atoms with van der Waals surface area (Å²) in [6.45, 7) is 4.59. The second-order valence-electron chi connectivity index (χ2n) is 9.05. The van der Waals surface area contributed by atoms with Crippen LogP contribution in [-0.2, 0) is 4.79 Å². The standard InChI is InChI=1S/C27H27N5O3/c1-16(33)29-20-6-3-17(4-7-20)19-13-22-21-8-5-18(27(35)32-11-9-31(2)10-12-32)15-24(21)30-25(22)23(14-19)26(28)34/h3-8,13-15,30H,9-12H2,1-2H3,(H2,28,34)(H,29,33). The Bertz CT molecular complexity index is 1460. The number of anilines is 1. The van der Waals surface area contributed by atoms with Crippen molar-refractivity contribution in [2.24, 2.45) is 5.73 Å². The van der Waals surface area contributed by atoms with Crippen LogP contribution in [0.5, 0.6) is 0 Å². The van der Waals surface area contributed by atoms with Crippen molar-refractivity contribution in [3.05, 3.63) is 65.7 Å². The fourth-order valence-corrected chi connectivity index (χ4v) is 4.64. The molecule has 0 bridgehead atoms. The quantitative estimate of drug-likeness (QED) is 0.425. The minimum Gasteiger partial charge on any atom is -0.366 e. The molecule has 0 spiro atoms. The van der Waals surface area contributed by atoms with E-state index in [1.54, 1.807) is 6.07 Å². The van der Waals surface area contributed by atoms with Gasteiger partial charge in [0, 0.05) is 60.6 Å². The van der Waals surface area contributed by atoms with Crippen LogP contribution in [0.15, 0.2) is 54.6 Å². The molecule has 4 aromatic rings. The smallest absolute Gasteiger partial charge is 0.254 e. The lowest BCUT2D eigenvalue weighted by Crippen LogP contribution is -2.47. The highest BCUT2D eigenvalue weighted by atomic mass is 16.2. The largest absolute Gasteiger partial charge is 0.366 e. The predicted octanol–water partition coefficient (Wildman–Crippen LogP) is 3.43. The number of nitrogens with two attached hydrogens (primary N) is 1. The number of rotatable bonds is 4. The molecule has 0 saturated carbocycles. The van der Waals surface area contributed by atoms with Gasteiger partial charge >= 0.3 is 0 Å². The van der Waals surface area contributed by atoms with Crippen molar-refractivity contribution in [3.8, 4) is 11.1 Å². The molecule has 1 aliphatic rings. The van der Waals surface area contributed by atoms with Crippen molar-refractivity contribution in [2.75, 3.05) is 38.5 Å². The van der Waals surface area contributed by atoms with Crippen LogP contribution in [0.2, 0.25) is 0 Å². The van der Waals surface area contributed by atoms with Gasteiger partial charge < -0.3 is 25.8 Å². The number of carbonyl (C=O) groups excluding carboxylic acids is 3. The minimum absolute atomic E-state index is 0.00808. The average Bonchev–Trinajstić information content (AvgIpc) is 3.21. The maximum atomic E-state index is 13.1. The summed E-state index contributed by atoms with van der Waals surface area (Å²) in [4.78, 5) is 44.1. The van der Waals surface area contributed by atoms with E-state index in [-0.39, 0.29) is 11.8 Å². The Kier molecular flexibility index (Phi) is 5.74. The van der Waals surface area contributed by atoms with Gasteiger partial charge in [0.05, 0.1) is 11.1 Å². The number of hydrogen-bond donors (Lipinski definition) is 3. The molecule has 0 atom stereocenters. The number of nitrogens with zero attached hydrogens (tertiary/aromatic N) is 2. The monoisotopic (exact) mass is 469 g/mol. The molecule has 1 aromatic heterocycles. The maximum absolute atomic E-state index is 13.1. The zero-order valence-electron chi connectivity index (χ0n) is 19.7. The first-order chi connectivity index (χ1) is 16.8. The van der Waals surface area contributed by atoms with Gasteiger partial charge in [0.1, 0.15) is 0 Å². The van der Waals surface area contributed by atoms with Crippen molar-refractivity contribution in [2.45, 2.75) is 6.92 Å². The third-order valence-corrected chi connectivity index (χ3v) is 6.55. The molecule has 1 fully saturated rings. The van der Waals surface area contributed by atoms with E-state index >= 15 is 0 Å². The molecule has 8 heteroatoms. The molecular weight excluding hydrogens is 442 g/mol. The highest BCUT2D eigenvalue weighted by Crippen LogP contribution is 2.34. The molecule has 0 aliphatic carbocycles. The van der Waals surface area contributed by atoms with E-state index in [4.69, 9.17) is 5.73 Å². The highest BCUT2D eigenvalue weighted by molar-refractivity contribution is 6.17. The molecule has 8 nitrogen and oxygen atoms in total. The lowest BCUT2D eigenvalue weighted by molar-refractivity contribution is -0.114. The van der Waals surface area contributed by atoms with E-state index in [1.165, 1.54) is 6.92 Å². The van der Waals surface area contributed by atoms with Gasteiger partial charge in [-0.15, -0.1) is 0 Å². The minimum atomic E-state index is -0.535. The fraction of sp³-hybridized carbons (Fsp3) is 0.222. The van der Waals surface area contributed by atoms with E-state index in [2.05, 4.69) is 22.2 Å². The molecule has 0 radical (unpaired) electrons. The number of nitrogens with one attached hydrogen (secondary N) is 2. The molecule has 0 unspecified atom stereocenters. The summed E-state index contributed by atoms with van der Waals surface area (Å²) in [5.74, 6) is -0.666. The fourth-order valence-electron chi connectivity index (χ4n) is 4.64. The Labute approximate surface area is 202 Å². The summed E-state index contributed by atoms with van der Waals surface area (Å²) < 4.78 is 0. The Morgan fingerprint density at radius 1 is 0.886 bits per heavy atom. The number of aromatic amines is 1. The third-order valence-electron chi connectivity index (χ3n) is 6.55. The van der Waals surface area contributed by atoms with Gasteiger partial charge in [-0.3, -0.25) is 14.4 Å². The van der Waals surface area contributed by atoms with Crippen molar-refractivity contribution in [1.82, 2.24) is 14.8 Å². The zero-order chi connectivity index (χ0) is 24.7. The normalized spacial score (nSPS) is 14.4. The number of benzene rings is 3. The summed E-state index contributed by atoms with van der Waals surface area (Å²) in [5.41, 5.74) is 10.6. The van der Waals surface area contributed by atoms with Gasteiger partial charge in [0.15, 0.2) is 0 Å². The Balaban J connectivity index is 1.56. The van der Waals surface area contributed by atoms with Crippen molar-refractivity contribution < 1.29 is 14.4 Å². The lowest BCUT2D eigenvalue weighted by Gasteiger charge is -2.32. The topological polar surface area (TPSA) is 112 Å². The van der Waals surface area contributed by atoms with E-state index in [1.807, 2.05) is 53.4 Å². The van der Waals surface area contributed by atoms with Crippen molar-refractivity contribution in [3.63, 3.8) is 0 Å². The van der Waals surface area contributed by atoms with Gasteiger partial charge in [-0.05, 0) is 54.6 Å². The molecule has 178 valence electrons. The summed E-state index contributed by atoms with van der Waals surface area (Å²) in [6.07, 6.45) is 0. The number of hydrogen-bond acceptors (Lipinski definition) is 4. The number of likely N-dealkylation sites (N-methyl/N-ethyl adjacent to an activating group) is 1. The van der Waals surface area contributed by atoms with Crippen LogP contribution >= 0.6 is 0 Å². The van der Waals surface area contributed by atoms with Crippen molar-refractivity contribution in [1.29, 1.82) is 0 Å². The van der Waals surface area contributed by atoms with Crippen LogP contribution in [0.25, 0.3) is 32.9 Å². The number of piperazine rings is 1. The molecule has 4 N–H and O–H groups in total. The molecule has 2 heterocycles. The van der Waals surface area contributed by atoms with Crippen LogP contribution in [0, 0.1) is 0 Å². The van der Waals surface area contributed by atoms with Crippen LogP contribution < -0.4 is 11.1 Å². The molecule has 5 rings (SSSR count). The second kappa shape index (κ2) is 8.88. The molecule has 1 saturated heterocycles. The van der Waals surface area contributed by atoms with E-state index in [0.29, 0.717) is 35.4 Å². The number of carbonyl (C=O) groups is 3. The second-order valence-corrected chi connectivity index (χ2v) is 9.05. The van der Waals surface area contributed by atoms with Gasteiger partial charge in [-0.25, -0.2) is 0 Å². The molecular formula is C27H27N5O3. The number of aromatic nitrogens is 1. The highest BCUT2D eigenvalue weighted by Gasteiger charge is 2.21. The average molecular weight is 470 g/mol. The van der Waals surface area contributed by atoms with E-state index in [0.717, 1.165) is 40.5 Å². The van der Waals surface area contributed by atoms with Gasteiger partial charge in [-0.2, -0.15) is 0 Å². The van der Waals surface area contributed by atoms with E-state index in [9.17, 15) is 14.4 Å². The first kappa shape index (κ1) is 22.6. The van der Waals surface area contributed by atoms with Crippen LogP contribution in [0.4, 0.5) is 5.69 Å². The summed E-state index contributed by atoms with van der Waals surface area (Å²) >= 11 is 0. The predicted molar refractivity (Wildman–Crippen MR) is 137 cm³/mol. The number of amides is 3. The molecule has 3 amide bonds. The van der Waals surface area contributed by atoms with Gasteiger partial charge in [-0.1, -0.05) is 18.2 Å². The molecule has 1 aliphatic heterocycles. The summed E-state index contributed by atoms with van der Waals surface area (Å²) in [7, 11) is 2.06. The van der Waals surface area contributed by atoms with Gasteiger partial charge in [0.2, 0.25) is 5.91 Å². The number of H-pyrrole nitrogens is 1. The molecule has 35 heavy (non-hydrogen) atoms. The Hall–Kier alpha value is -4.17.